The van der Waals surface area contributed by atoms with Gasteiger partial charge in [-0.3, -0.25) is 5.41 Å². The van der Waals surface area contributed by atoms with Gasteiger partial charge in [-0.2, -0.15) is 11.8 Å². The Hall–Kier alpha value is -0.230. The predicted octanol–water partition coefficient (Wildman–Crippen LogP) is 1.51. The van der Waals surface area contributed by atoms with Crippen LogP contribution in [0.1, 0.15) is 26.7 Å². The maximum Gasteiger partial charge on any atom is 0.148 e. The third kappa shape index (κ3) is 7.98. The van der Waals surface area contributed by atoms with Crippen LogP contribution in [0.2, 0.25) is 0 Å². The van der Waals surface area contributed by atoms with Gasteiger partial charge in [0.1, 0.15) is 9.84 Å². The molecule has 6 heteroatoms. The van der Waals surface area contributed by atoms with Crippen LogP contribution < -0.4 is 5.73 Å². The van der Waals surface area contributed by atoms with Gasteiger partial charge in [-0.15, -0.1) is 0 Å². The molecular weight excluding hydrogens is 244 g/mol. The summed E-state index contributed by atoms with van der Waals surface area (Å²) in [7, 11) is -2.83. The summed E-state index contributed by atoms with van der Waals surface area (Å²) in [5, 5.41) is 7.39. The highest BCUT2D eigenvalue weighted by molar-refractivity contribution is 8.00. The van der Waals surface area contributed by atoms with Crippen molar-refractivity contribution in [1.29, 1.82) is 5.41 Å². The smallest absolute Gasteiger partial charge is 0.148 e. The molecule has 0 unspecified atom stereocenters. The van der Waals surface area contributed by atoms with Gasteiger partial charge in [0, 0.05) is 17.4 Å². The molecule has 0 aromatic heterocycles. The molecular formula is C10H22N2O2S2. The number of nitrogens with two attached hydrogens (primary N) is 1. The van der Waals surface area contributed by atoms with E-state index in [1.54, 1.807) is 11.8 Å². The molecule has 0 heterocycles. The first-order valence-electron chi connectivity index (χ1n) is 5.25. The fourth-order valence-electron chi connectivity index (χ4n) is 1.06. The fraction of sp³-hybridized carbons (Fsp3) is 0.900. The normalized spacial score (nSPS) is 12.7. The van der Waals surface area contributed by atoms with E-state index < -0.39 is 9.84 Å². The van der Waals surface area contributed by atoms with Gasteiger partial charge in [0.05, 0.1) is 11.6 Å². The third-order valence-electron chi connectivity index (χ3n) is 2.42. The molecule has 3 N–H and O–H groups in total. The van der Waals surface area contributed by atoms with Crippen LogP contribution in [0.4, 0.5) is 0 Å². The Labute approximate surface area is 103 Å². The molecule has 0 spiro atoms. The van der Waals surface area contributed by atoms with Crippen LogP contribution >= 0.6 is 11.8 Å². The van der Waals surface area contributed by atoms with Crippen molar-refractivity contribution in [2.24, 2.45) is 11.1 Å². The van der Waals surface area contributed by atoms with E-state index in [-0.39, 0.29) is 17.0 Å². The van der Waals surface area contributed by atoms with Gasteiger partial charge in [-0.25, -0.2) is 8.42 Å². The monoisotopic (exact) mass is 266 g/mol. The Morgan fingerprint density at radius 3 is 2.38 bits per heavy atom. The Balaban J connectivity index is 3.59. The zero-order chi connectivity index (χ0) is 12.8. The highest BCUT2D eigenvalue weighted by Gasteiger charge is 2.20. The minimum atomic E-state index is -2.83. The molecule has 0 saturated heterocycles. The lowest BCUT2D eigenvalue weighted by Gasteiger charge is -2.22. The van der Waals surface area contributed by atoms with Gasteiger partial charge in [0.2, 0.25) is 0 Å². The lowest BCUT2D eigenvalue weighted by molar-refractivity contribution is 0.464. The van der Waals surface area contributed by atoms with Gasteiger partial charge in [0.15, 0.2) is 0 Å². The van der Waals surface area contributed by atoms with Crippen molar-refractivity contribution in [1.82, 2.24) is 0 Å². The molecule has 0 aliphatic carbocycles. The summed E-state index contributed by atoms with van der Waals surface area (Å²) in [4.78, 5) is 0. The first-order chi connectivity index (χ1) is 7.15. The number of nitrogens with one attached hydrogen (secondary N) is 1. The Bertz CT molecular complexity index is 324. The molecule has 0 saturated carbocycles. The first-order valence-corrected chi connectivity index (χ1v) is 8.47. The maximum atomic E-state index is 10.9. The van der Waals surface area contributed by atoms with Crippen LogP contribution in [0.15, 0.2) is 0 Å². The van der Waals surface area contributed by atoms with Crippen LogP contribution in [0.25, 0.3) is 0 Å². The standard InChI is InChI=1S/C10H22N2O2S2/c1-10(2,9(11)12)5-4-6-15-7-8-16(3,13)14/h4-8H2,1-3H3,(H3,11,12). The van der Waals surface area contributed by atoms with E-state index in [2.05, 4.69) is 0 Å². The average Bonchev–Trinajstić information content (AvgIpc) is 2.09. The SMILES string of the molecule is CC(C)(CCCSCCS(C)(=O)=O)C(=N)N. The van der Waals surface area contributed by atoms with Gasteiger partial charge >= 0.3 is 0 Å². The molecule has 0 radical (unpaired) electrons. The van der Waals surface area contributed by atoms with Crippen LogP contribution in [0.3, 0.4) is 0 Å². The highest BCUT2D eigenvalue weighted by Crippen LogP contribution is 2.22. The Morgan fingerprint density at radius 1 is 1.38 bits per heavy atom. The zero-order valence-electron chi connectivity index (χ0n) is 10.2. The van der Waals surface area contributed by atoms with Crippen molar-refractivity contribution < 1.29 is 8.42 Å². The van der Waals surface area contributed by atoms with Crippen LogP contribution in [-0.4, -0.2) is 37.8 Å². The molecule has 0 aromatic rings. The van der Waals surface area contributed by atoms with Crippen LogP contribution in [-0.2, 0) is 9.84 Å². The van der Waals surface area contributed by atoms with Gasteiger partial charge in [-0.1, -0.05) is 13.8 Å². The number of thioether (sulfide) groups is 1. The molecule has 0 bridgehead atoms. The number of hydrogen-bond acceptors (Lipinski definition) is 4. The average molecular weight is 266 g/mol. The molecule has 0 aliphatic heterocycles. The molecule has 0 aromatic carbocycles. The molecule has 0 aliphatic rings. The Morgan fingerprint density at radius 2 is 1.94 bits per heavy atom. The largest absolute Gasteiger partial charge is 0.387 e. The second-order valence-corrected chi connectivity index (χ2v) is 8.13. The summed E-state index contributed by atoms with van der Waals surface area (Å²) >= 11 is 1.64. The van der Waals surface area contributed by atoms with Crippen molar-refractivity contribution >= 4 is 27.4 Å². The molecule has 16 heavy (non-hydrogen) atoms. The second kappa shape index (κ2) is 6.49. The minimum absolute atomic E-state index is 0.216. The summed E-state index contributed by atoms with van der Waals surface area (Å²) in [6, 6.07) is 0. The molecule has 0 rings (SSSR count). The van der Waals surface area contributed by atoms with Crippen molar-refractivity contribution in [3.63, 3.8) is 0 Å². The van der Waals surface area contributed by atoms with Gasteiger partial charge in [0.25, 0.3) is 0 Å². The van der Waals surface area contributed by atoms with Crippen molar-refractivity contribution in [2.75, 3.05) is 23.5 Å². The number of rotatable bonds is 8. The van der Waals surface area contributed by atoms with E-state index in [1.807, 2.05) is 13.8 Å². The van der Waals surface area contributed by atoms with E-state index in [4.69, 9.17) is 11.1 Å². The molecule has 0 fully saturated rings. The summed E-state index contributed by atoms with van der Waals surface area (Å²) in [6.45, 7) is 3.91. The summed E-state index contributed by atoms with van der Waals surface area (Å²) in [6.07, 6.45) is 3.08. The topological polar surface area (TPSA) is 84.0 Å². The maximum absolute atomic E-state index is 10.9. The zero-order valence-corrected chi connectivity index (χ0v) is 11.9. The number of sulfone groups is 1. The lowest BCUT2D eigenvalue weighted by Crippen LogP contribution is -2.30. The summed E-state index contributed by atoms with van der Waals surface area (Å²) in [5.74, 6) is 2.04. The summed E-state index contributed by atoms with van der Waals surface area (Å²) < 4.78 is 21.7. The van der Waals surface area contributed by atoms with Gasteiger partial charge < -0.3 is 5.73 Å². The quantitative estimate of drug-likeness (QED) is 0.396. The number of hydrogen-bond donors (Lipinski definition) is 2. The molecule has 4 nitrogen and oxygen atoms in total. The van der Waals surface area contributed by atoms with Crippen molar-refractivity contribution in [2.45, 2.75) is 26.7 Å². The Kier molecular flexibility index (Phi) is 6.40. The lowest BCUT2D eigenvalue weighted by atomic mass is 9.87. The molecule has 0 atom stereocenters. The van der Waals surface area contributed by atoms with E-state index in [0.717, 1.165) is 18.6 Å². The van der Waals surface area contributed by atoms with E-state index >= 15 is 0 Å². The fourth-order valence-corrected chi connectivity index (χ4v) is 3.30. The minimum Gasteiger partial charge on any atom is -0.387 e. The molecule has 0 amide bonds. The van der Waals surface area contributed by atoms with E-state index in [0.29, 0.717) is 5.75 Å². The molecule has 96 valence electrons. The van der Waals surface area contributed by atoms with Crippen LogP contribution in [0, 0.1) is 10.8 Å². The number of amidine groups is 1. The van der Waals surface area contributed by atoms with Crippen molar-refractivity contribution in [3.05, 3.63) is 0 Å². The van der Waals surface area contributed by atoms with E-state index in [1.165, 1.54) is 6.26 Å². The highest BCUT2D eigenvalue weighted by atomic mass is 32.2. The van der Waals surface area contributed by atoms with Gasteiger partial charge in [-0.05, 0) is 18.6 Å². The first kappa shape index (κ1) is 15.8. The summed E-state index contributed by atoms with van der Waals surface area (Å²) in [5.41, 5.74) is 5.23. The third-order valence-corrected chi connectivity index (χ3v) is 4.69. The predicted molar refractivity (Wildman–Crippen MR) is 72.0 cm³/mol. The van der Waals surface area contributed by atoms with E-state index in [9.17, 15) is 8.42 Å². The van der Waals surface area contributed by atoms with Crippen molar-refractivity contribution in [3.8, 4) is 0 Å². The van der Waals surface area contributed by atoms with Crippen LogP contribution in [0.5, 0.6) is 0 Å². The second-order valence-electron chi connectivity index (χ2n) is 4.64.